The number of carbonyl (C=O) groups excluding carboxylic acids is 1. The van der Waals surface area contributed by atoms with Crippen LogP contribution in [0.2, 0.25) is 0 Å². The molecule has 78 valence electrons. The number of nitrogens with zero attached hydrogens (tertiary/aromatic N) is 1. The molecule has 0 bridgehead atoms. The largest absolute Gasteiger partial charge is 0.336 e. The van der Waals surface area contributed by atoms with E-state index in [-0.39, 0.29) is 11.8 Å². The fourth-order valence-electron chi connectivity index (χ4n) is 0.925. The van der Waals surface area contributed by atoms with Crippen molar-refractivity contribution in [1.29, 1.82) is 0 Å². The first kappa shape index (κ1) is 12.8. The van der Waals surface area contributed by atoms with Crippen molar-refractivity contribution in [3.63, 3.8) is 0 Å². The van der Waals surface area contributed by atoms with Crippen molar-refractivity contribution >= 4 is 21.8 Å². The van der Waals surface area contributed by atoms with E-state index in [1.807, 2.05) is 0 Å². The lowest BCUT2D eigenvalue weighted by Gasteiger charge is -2.23. The van der Waals surface area contributed by atoms with Crippen molar-refractivity contribution in [3.8, 4) is 0 Å². The molecule has 0 aliphatic heterocycles. The molecule has 0 N–H and O–H groups in total. The zero-order valence-corrected chi connectivity index (χ0v) is 9.35. The van der Waals surface area contributed by atoms with Crippen LogP contribution in [0.5, 0.6) is 0 Å². The highest BCUT2D eigenvalue weighted by Gasteiger charge is 2.19. The highest BCUT2D eigenvalue weighted by molar-refractivity contribution is 9.09. The second-order valence-electron chi connectivity index (χ2n) is 3.02. The number of carbonyl (C=O) groups is 1. The van der Waals surface area contributed by atoms with E-state index in [4.69, 9.17) is 0 Å². The first-order chi connectivity index (χ1) is 5.99. The number of halogens is 3. The van der Waals surface area contributed by atoms with Crippen LogP contribution in [0.15, 0.2) is 0 Å². The Kier molecular flexibility index (Phi) is 6.20. The van der Waals surface area contributed by atoms with Crippen LogP contribution in [0.4, 0.5) is 8.78 Å². The summed E-state index contributed by atoms with van der Waals surface area (Å²) in [4.78, 5) is 12.5. The molecular formula is C8H14BrF2NO. The van der Waals surface area contributed by atoms with Gasteiger partial charge in [0.15, 0.2) is 0 Å². The van der Waals surface area contributed by atoms with Crippen LogP contribution in [0.3, 0.4) is 0 Å². The van der Waals surface area contributed by atoms with Gasteiger partial charge >= 0.3 is 0 Å². The Hall–Kier alpha value is -0.190. The van der Waals surface area contributed by atoms with Crippen molar-refractivity contribution in [1.82, 2.24) is 4.90 Å². The quantitative estimate of drug-likeness (QED) is 0.692. The van der Waals surface area contributed by atoms with Crippen molar-refractivity contribution in [2.45, 2.75) is 20.3 Å². The maximum atomic E-state index is 12.0. The number of amides is 1. The summed E-state index contributed by atoms with van der Waals surface area (Å²) in [6.45, 7) is 3.27. The highest BCUT2D eigenvalue weighted by Crippen LogP contribution is 2.05. The van der Waals surface area contributed by atoms with Gasteiger partial charge in [0.05, 0.1) is 6.54 Å². The fraction of sp³-hybridized carbons (Fsp3) is 0.875. The monoisotopic (exact) mass is 257 g/mol. The smallest absolute Gasteiger partial charge is 0.255 e. The molecule has 0 saturated heterocycles. The Morgan fingerprint density at radius 1 is 1.46 bits per heavy atom. The Morgan fingerprint density at radius 3 is 2.31 bits per heavy atom. The molecular weight excluding hydrogens is 244 g/mol. The zero-order chi connectivity index (χ0) is 10.4. The van der Waals surface area contributed by atoms with Crippen LogP contribution in [-0.4, -0.2) is 35.7 Å². The Bertz CT molecular complexity index is 164. The first-order valence-corrected chi connectivity index (χ1v) is 5.24. The zero-order valence-electron chi connectivity index (χ0n) is 7.77. The van der Waals surface area contributed by atoms with Gasteiger partial charge in [-0.2, -0.15) is 0 Å². The standard InChI is InChI=1S/C8H14BrF2NO/c1-6(2)8(13)12(4-3-9)5-7(10)11/h6-7H,3-5H2,1-2H3. The van der Waals surface area contributed by atoms with Crippen LogP contribution in [0, 0.1) is 5.92 Å². The van der Waals surface area contributed by atoms with E-state index in [0.29, 0.717) is 11.9 Å². The van der Waals surface area contributed by atoms with Gasteiger partial charge in [0.25, 0.3) is 6.43 Å². The minimum absolute atomic E-state index is 0.222. The number of hydrogen-bond acceptors (Lipinski definition) is 1. The number of alkyl halides is 3. The van der Waals surface area contributed by atoms with E-state index in [1.165, 1.54) is 4.90 Å². The Labute approximate surface area is 85.4 Å². The molecule has 2 nitrogen and oxygen atoms in total. The normalized spacial score (nSPS) is 11.0. The van der Waals surface area contributed by atoms with Crippen molar-refractivity contribution < 1.29 is 13.6 Å². The lowest BCUT2D eigenvalue weighted by atomic mass is 10.2. The summed E-state index contributed by atoms with van der Waals surface area (Å²) in [5.74, 6) is -0.447. The van der Waals surface area contributed by atoms with Gasteiger partial charge in [0, 0.05) is 17.8 Å². The van der Waals surface area contributed by atoms with E-state index >= 15 is 0 Å². The summed E-state index contributed by atoms with van der Waals surface area (Å²) in [5.41, 5.74) is 0. The summed E-state index contributed by atoms with van der Waals surface area (Å²) in [5, 5.41) is 0.526. The third kappa shape index (κ3) is 5.18. The Balaban J connectivity index is 4.15. The van der Waals surface area contributed by atoms with E-state index < -0.39 is 13.0 Å². The van der Waals surface area contributed by atoms with Gasteiger partial charge in [0.2, 0.25) is 5.91 Å². The maximum absolute atomic E-state index is 12.0. The van der Waals surface area contributed by atoms with Crippen LogP contribution in [-0.2, 0) is 4.79 Å². The molecule has 1 amide bonds. The predicted molar refractivity (Wildman–Crippen MR) is 51.2 cm³/mol. The lowest BCUT2D eigenvalue weighted by molar-refractivity contribution is -0.136. The lowest BCUT2D eigenvalue weighted by Crippen LogP contribution is -2.39. The van der Waals surface area contributed by atoms with Gasteiger partial charge in [-0.15, -0.1) is 0 Å². The number of hydrogen-bond donors (Lipinski definition) is 0. The van der Waals surface area contributed by atoms with E-state index in [1.54, 1.807) is 13.8 Å². The van der Waals surface area contributed by atoms with Crippen LogP contribution < -0.4 is 0 Å². The minimum atomic E-state index is -2.46. The van der Waals surface area contributed by atoms with E-state index in [9.17, 15) is 13.6 Å². The molecule has 0 aliphatic carbocycles. The van der Waals surface area contributed by atoms with Gasteiger partial charge < -0.3 is 4.90 Å². The van der Waals surface area contributed by atoms with Crippen molar-refractivity contribution in [2.24, 2.45) is 5.92 Å². The molecule has 0 atom stereocenters. The molecule has 0 aliphatic rings. The molecule has 5 heteroatoms. The van der Waals surface area contributed by atoms with Crippen LogP contribution in [0.1, 0.15) is 13.8 Å². The van der Waals surface area contributed by atoms with Gasteiger partial charge in [0.1, 0.15) is 0 Å². The SMILES string of the molecule is CC(C)C(=O)N(CCBr)CC(F)F. The number of rotatable bonds is 5. The fourth-order valence-corrected chi connectivity index (χ4v) is 1.35. The summed E-state index contributed by atoms with van der Waals surface area (Å²) < 4.78 is 24.0. The molecule has 13 heavy (non-hydrogen) atoms. The van der Waals surface area contributed by atoms with E-state index in [0.717, 1.165) is 0 Å². The van der Waals surface area contributed by atoms with Gasteiger partial charge in [-0.05, 0) is 0 Å². The molecule has 0 heterocycles. The second-order valence-corrected chi connectivity index (χ2v) is 3.81. The second kappa shape index (κ2) is 6.29. The topological polar surface area (TPSA) is 20.3 Å². The molecule has 0 saturated carbocycles. The molecule has 0 rings (SSSR count). The van der Waals surface area contributed by atoms with Gasteiger partial charge in [-0.25, -0.2) is 8.78 Å². The molecule has 0 spiro atoms. The minimum Gasteiger partial charge on any atom is -0.336 e. The summed E-state index contributed by atoms with van der Waals surface area (Å²) >= 11 is 3.12. The first-order valence-electron chi connectivity index (χ1n) is 4.12. The van der Waals surface area contributed by atoms with Crippen LogP contribution in [0.25, 0.3) is 0 Å². The van der Waals surface area contributed by atoms with Crippen molar-refractivity contribution in [3.05, 3.63) is 0 Å². The average Bonchev–Trinajstić information content (AvgIpc) is 2.01. The van der Waals surface area contributed by atoms with Crippen molar-refractivity contribution in [2.75, 3.05) is 18.4 Å². The molecule has 0 unspecified atom stereocenters. The molecule has 0 fully saturated rings. The summed E-state index contributed by atoms with van der Waals surface area (Å²) in [6.07, 6.45) is -2.46. The molecule has 0 aromatic heterocycles. The third-order valence-corrected chi connectivity index (χ3v) is 1.87. The predicted octanol–water partition coefficient (Wildman–Crippen LogP) is 2.13. The van der Waals surface area contributed by atoms with Gasteiger partial charge in [-0.1, -0.05) is 29.8 Å². The Morgan fingerprint density at radius 2 is 2.00 bits per heavy atom. The van der Waals surface area contributed by atoms with Gasteiger partial charge in [-0.3, -0.25) is 4.79 Å². The van der Waals surface area contributed by atoms with E-state index in [2.05, 4.69) is 15.9 Å². The average molecular weight is 258 g/mol. The summed E-state index contributed by atoms with van der Waals surface area (Å²) in [6, 6.07) is 0. The molecule has 0 aromatic carbocycles. The van der Waals surface area contributed by atoms with Crippen LogP contribution >= 0.6 is 15.9 Å². The maximum Gasteiger partial charge on any atom is 0.255 e. The molecule has 0 radical (unpaired) electrons. The summed E-state index contributed by atoms with van der Waals surface area (Å²) in [7, 11) is 0. The molecule has 0 aromatic rings. The third-order valence-electron chi connectivity index (χ3n) is 1.52. The highest BCUT2D eigenvalue weighted by atomic mass is 79.9.